The molecule has 1 rings (SSSR count). The first kappa shape index (κ1) is 13.9. The van der Waals surface area contributed by atoms with Crippen molar-refractivity contribution in [3.63, 3.8) is 0 Å². The maximum atomic E-state index is 11.7. The molecule has 98 valence electrons. The van der Waals surface area contributed by atoms with E-state index in [0.29, 0.717) is 13.2 Å². The van der Waals surface area contributed by atoms with Gasteiger partial charge in [-0.25, -0.2) is 0 Å². The van der Waals surface area contributed by atoms with Gasteiger partial charge in [0.05, 0.1) is 19.1 Å². The van der Waals surface area contributed by atoms with E-state index in [4.69, 9.17) is 4.74 Å². The van der Waals surface area contributed by atoms with E-state index >= 15 is 0 Å². The van der Waals surface area contributed by atoms with Gasteiger partial charge >= 0.3 is 5.97 Å². The normalized spacial score (nSPS) is 20.8. The summed E-state index contributed by atoms with van der Waals surface area (Å²) >= 11 is 0. The molecule has 1 aliphatic heterocycles. The largest absolute Gasteiger partial charge is 0.469 e. The molecule has 6 heteroatoms. The number of esters is 1. The predicted molar refractivity (Wildman–Crippen MR) is 61.4 cm³/mol. The Morgan fingerprint density at radius 3 is 2.76 bits per heavy atom. The van der Waals surface area contributed by atoms with Gasteiger partial charge < -0.3 is 20.1 Å². The zero-order chi connectivity index (χ0) is 12.9. The molecule has 17 heavy (non-hydrogen) atoms. The SMILES string of the molecule is COC(=O)C(C)(C)CNC(=O)C1CNCCO1. The lowest BCUT2D eigenvalue weighted by Gasteiger charge is -2.26. The van der Waals surface area contributed by atoms with E-state index in [9.17, 15) is 9.59 Å². The Morgan fingerprint density at radius 2 is 2.24 bits per heavy atom. The van der Waals surface area contributed by atoms with Crippen molar-refractivity contribution in [2.75, 3.05) is 33.4 Å². The van der Waals surface area contributed by atoms with Crippen LogP contribution in [0, 0.1) is 5.41 Å². The third-order valence-corrected chi connectivity index (χ3v) is 2.66. The Kier molecular flexibility index (Phi) is 4.89. The number of nitrogens with one attached hydrogen (secondary N) is 2. The minimum absolute atomic E-state index is 0.200. The van der Waals surface area contributed by atoms with Gasteiger partial charge in [0.1, 0.15) is 6.10 Å². The monoisotopic (exact) mass is 244 g/mol. The summed E-state index contributed by atoms with van der Waals surface area (Å²) in [6.07, 6.45) is -0.475. The van der Waals surface area contributed by atoms with Crippen LogP contribution in [0.5, 0.6) is 0 Å². The van der Waals surface area contributed by atoms with Crippen LogP contribution in [0.25, 0.3) is 0 Å². The summed E-state index contributed by atoms with van der Waals surface area (Å²) in [5.74, 6) is -0.547. The summed E-state index contributed by atoms with van der Waals surface area (Å²) in [5, 5.41) is 5.77. The maximum Gasteiger partial charge on any atom is 0.313 e. The summed E-state index contributed by atoms with van der Waals surface area (Å²) in [5.41, 5.74) is -0.730. The Morgan fingerprint density at radius 1 is 1.53 bits per heavy atom. The van der Waals surface area contributed by atoms with Crippen molar-refractivity contribution >= 4 is 11.9 Å². The number of carbonyl (C=O) groups is 2. The number of rotatable bonds is 4. The highest BCUT2D eigenvalue weighted by molar-refractivity contribution is 5.82. The summed E-state index contributed by atoms with van der Waals surface area (Å²) in [7, 11) is 1.33. The second-order valence-corrected chi connectivity index (χ2v) is 4.66. The number of morpholine rings is 1. The van der Waals surface area contributed by atoms with Crippen molar-refractivity contribution in [3.8, 4) is 0 Å². The third kappa shape index (κ3) is 3.98. The van der Waals surface area contributed by atoms with Crippen LogP contribution in [0.1, 0.15) is 13.8 Å². The van der Waals surface area contributed by atoms with Gasteiger partial charge in [0.2, 0.25) is 5.91 Å². The summed E-state index contributed by atoms with van der Waals surface area (Å²) in [6.45, 7) is 5.47. The first-order chi connectivity index (χ1) is 7.97. The van der Waals surface area contributed by atoms with Crippen LogP contribution in [-0.2, 0) is 19.1 Å². The highest BCUT2D eigenvalue weighted by Gasteiger charge is 2.30. The number of carbonyl (C=O) groups excluding carboxylic acids is 2. The second kappa shape index (κ2) is 5.97. The molecule has 0 aromatic carbocycles. The topological polar surface area (TPSA) is 76.7 Å². The molecule has 1 atom stereocenters. The van der Waals surface area contributed by atoms with E-state index in [1.807, 2.05) is 0 Å². The van der Waals surface area contributed by atoms with E-state index in [2.05, 4.69) is 15.4 Å². The van der Waals surface area contributed by atoms with Gasteiger partial charge in [-0.15, -0.1) is 0 Å². The Labute approximate surface area is 101 Å². The van der Waals surface area contributed by atoms with Gasteiger partial charge in [0.25, 0.3) is 0 Å². The summed E-state index contributed by atoms with van der Waals surface area (Å²) in [6, 6.07) is 0. The van der Waals surface area contributed by atoms with E-state index < -0.39 is 11.5 Å². The van der Waals surface area contributed by atoms with Gasteiger partial charge in [-0.1, -0.05) is 0 Å². The Bertz CT molecular complexity index is 285. The van der Waals surface area contributed by atoms with Crippen LogP contribution < -0.4 is 10.6 Å². The molecule has 1 saturated heterocycles. The fourth-order valence-corrected chi connectivity index (χ4v) is 1.50. The van der Waals surface area contributed by atoms with Crippen molar-refractivity contribution < 1.29 is 19.1 Å². The van der Waals surface area contributed by atoms with E-state index in [-0.39, 0.29) is 18.4 Å². The second-order valence-electron chi connectivity index (χ2n) is 4.66. The molecule has 0 aliphatic carbocycles. The molecule has 0 bridgehead atoms. The molecule has 0 spiro atoms. The van der Waals surface area contributed by atoms with Crippen molar-refractivity contribution in [1.29, 1.82) is 0 Å². The van der Waals surface area contributed by atoms with Crippen molar-refractivity contribution in [3.05, 3.63) is 0 Å². The lowest BCUT2D eigenvalue weighted by Crippen LogP contribution is -2.50. The van der Waals surface area contributed by atoms with Gasteiger partial charge in [0.15, 0.2) is 0 Å². The standard InChI is InChI=1S/C11H20N2O4/c1-11(2,10(15)16-3)7-13-9(14)8-6-12-4-5-17-8/h8,12H,4-7H2,1-3H3,(H,13,14). The molecular formula is C11H20N2O4. The maximum absolute atomic E-state index is 11.7. The molecule has 1 unspecified atom stereocenters. The molecule has 1 aliphatic rings. The van der Waals surface area contributed by atoms with Crippen LogP contribution in [0.15, 0.2) is 0 Å². The molecule has 2 N–H and O–H groups in total. The average molecular weight is 244 g/mol. The van der Waals surface area contributed by atoms with Crippen LogP contribution in [0.4, 0.5) is 0 Å². The highest BCUT2D eigenvalue weighted by atomic mass is 16.5. The highest BCUT2D eigenvalue weighted by Crippen LogP contribution is 2.15. The molecule has 0 aromatic heterocycles. The number of amides is 1. The molecule has 1 heterocycles. The molecule has 0 saturated carbocycles. The van der Waals surface area contributed by atoms with Gasteiger partial charge in [-0.2, -0.15) is 0 Å². The predicted octanol–water partition coefficient (Wildman–Crippen LogP) is -0.710. The number of hydrogen-bond acceptors (Lipinski definition) is 5. The average Bonchev–Trinajstić information content (AvgIpc) is 2.36. The van der Waals surface area contributed by atoms with Crippen LogP contribution in [0.2, 0.25) is 0 Å². The fraction of sp³-hybridized carbons (Fsp3) is 0.818. The summed E-state index contributed by atoms with van der Waals surface area (Å²) in [4.78, 5) is 23.1. The van der Waals surface area contributed by atoms with Crippen LogP contribution >= 0.6 is 0 Å². The van der Waals surface area contributed by atoms with Crippen molar-refractivity contribution in [1.82, 2.24) is 10.6 Å². The van der Waals surface area contributed by atoms with Crippen LogP contribution in [-0.4, -0.2) is 51.3 Å². The third-order valence-electron chi connectivity index (χ3n) is 2.66. The lowest BCUT2D eigenvalue weighted by atomic mass is 9.93. The molecule has 0 aromatic rings. The van der Waals surface area contributed by atoms with Gasteiger partial charge in [0, 0.05) is 19.6 Å². The first-order valence-corrected chi connectivity index (χ1v) is 5.66. The molecule has 6 nitrogen and oxygen atoms in total. The van der Waals surface area contributed by atoms with Crippen molar-refractivity contribution in [2.24, 2.45) is 5.41 Å². The van der Waals surface area contributed by atoms with E-state index in [0.717, 1.165) is 6.54 Å². The number of ether oxygens (including phenoxy) is 2. The van der Waals surface area contributed by atoms with Gasteiger partial charge in [-0.05, 0) is 13.8 Å². The van der Waals surface area contributed by atoms with E-state index in [1.165, 1.54) is 7.11 Å². The summed E-state index contributed by atoms with van der Waals surface area (Å²) < 4.78 is 9.96. The van der Waals surface area contributed by atoms with Crippen LogP contribution in [0.3, 0.4) is 0 Å². The number of hydrogen-bond donors (Lipinski definition) is 2. The lowest BCUT2D eigenvalue weighted by molar-refractivity contribution is -0.151. The minimum Gasteiger partial charge on any atom is -0.469 e. The molecule has 1 amide bonds. The number of methoxy groups -OCH3 is 1. The minimum atomic E-state index is -0.730. The van der Waals surface area contributed by atoms with Crippen molar-refractivity contribution in [2.45, 2.75) is 20.0 Å². The Hall–Kier alpha value is -1.14. The molecule has 0 radical (unpaired) electrons. The first-order valence-electron chi connectivity index (χ1n) is 5.66. The fourth-order valence-electron chi connectivity index (χ4n) is 1.50. The Balaban J connectivity index is 2.39. The smallest absolute Gasteiger partial charge is 0.313 e. The quantitative estimate of drug-likeness (QED) is 0.639. The zero-order valence-corrected chi connectivity index (χ0v) is 10.5. The zero-order valence-electron chi connectivity index (χ0n) is 10.5. The molecular weight excluding hydrogens is 224 g/mol. The molecule has 1 fully saturated rings. The van der Waals surface area contributed by atoms with E-state index in [1.54, 1.807) is 13.8 Å². The van der Waals surface area contributed by atoms with Gasteiger partial charge in [-0.3, -0.25) is 9.59 Å².